The van der Waals surface area contributed by atoms with Gasteiger partial charge in [0.2, 0.25) is 0 Å². The van der Waals surface area contributed by atoms with Crippen molar-refractivity contribution in [2.45, 2.75) is 45.4 Å². The number of unbranched alkanes of at least 4 members (excludes halogenated alkanes) is 5. The Morgan fingerprint density at radius 3 is 2.08 bits per heavy atom. The first-order valence-corrected chi connectivity index (χ1v) is 13.5. The molecule has 0 bridgehead atoms. The van der Waals surface area contributed by atoms with E-state index in [4.69, 9.17) is 0 Å². The number of sulfonamides is 1. The third-order valence-corrected chi connectivity index (χ3v) is 13.1. The van der Waals surface area contributed by atoms with Gasteiger partial charge in [0.25, 0.3) is 10.0 Å². The molecule has 0 saturated carbocycles. The zero-order valence-corrected chi connectivity index (χ0v) is 19.2. The van der Waals surface area contributed by atoms with E-state index in [1.54, 1.807) is 0 Å². The zero-order chi connectivity index (χ0) is 18.3. The minimum atomic E-state index is -3.50. The van der Waals surface area contributed by atoms with Crippen molar-refractivity contribution in [1.82, 2.24) is 0 Å². The summed E-state index contributed by atoms with van der Waals surface area (Å²) in [5.74, 6) is 0.119. The Morgan fingerprint density at radius 1 is 0.920 bits per heavy atom. The van der Waals surface area contributed by atoms with Crippen LogP contribution in [0.5, 0.6) is 0 Å². The molecular formula is C18H24Br2NO2PS. The Hall–Kier alpha value is -0.160. The molecule has 0 unspecified atom stereocenters. The monoisotopic (exact) mass is 507 g/mol. The Balaban J connectivity index is 2.24. The highest BCUT2D eigenvalue weighted by molar-refractivity contribution is 9.15. The van der Waals surface area contributed by atoms with E-state index < -0.39 is 17.1 Å². The molecule has 1 aliphatic heterocycles. The molecule has 0 saturated heterocycles. The van der Waals surface area contributed by atoms with Crippen LogP contribution in [0.3, 0.4) is 0 Å². The van der Waals surface area contributed by atoms with E-state index in [1.807, 2.05) is 42.5 Å². The number of hydrogen-bond donors (Lipinski definition) is 0. The molecule has 1 aliphatic rings. The van der Waals surface area contributed by atoms with Gasteiger partial charge < -0.3 is 0 Å². The summed E-state index contributed by atoms with van der Waals surface area (Å²) >= 11 is 7.14. The molecular weight excluding hydrogens is 485 g/mol. The van der Waals surface area contributed by atoms with Crippen LogP contribution in [-0.2, 0) is 10.0 Å². The average molecular weight is 509 g/mol. The molecule has 0 aliphatic carbocycles. The number of benzene rings is 1. The molecule has 0 fully saturated rings. The molecule has 138 valence electrons. The van der Waals surface area contributed by atoms with E-state index in [9.17, 15) is 8.42 Å². The minimum Gasteiger partial charge on any atom is -0.205 e. The standard InChI is InChI=1S/C18H24Br2NO2PS/c1-2-3-4-5-6-10-15-25(22,23)21-24(16-11-8-7-9-12-16)17(19)13-14-18(24)20/h7-9,11-14H,2-6,10,15H2,1H3. The number of rotatable bonds is 9. The quantitative estimate of drug-likeness (QED) is 0.275. The Morgan fingerprint density at radius 2 is 1.48 bits per heavy atom. The molecule has 1 heterocycles. The lowest BCUT2D eigenvalue weighted by atomic mass is 10.1. The number of allylic oxidation sites excluding steroid dienone is 2. The summed E-state index contributed by atoms with van der Waals surface area (Å²) in [5.41, 5.74) is 0. The van der Waals surface area contributed by atoms with E-state index in [0.29, 0.717) is 6.42 Å². The second-order valence-corrected chi connectivity index (χ2v) is 14.0. The van der Waals surface area contributed by atoms with Gasteiger partial charge in [-0.15, -0.1) is 0 Å². The van der Waals surface area contributed by atoms with Crippen molar-refractivity contribution in [3.63, 3.8) is 0 Å². The van der Waals surface area contributed by atoms with E-state index in [-0.39, 0.29) is 5.75 Å². The SMILES string of the molecule is CCCCCCCCS(=O)(=O)N=P1(c2ccccc2)C(Br)=CC=C1Br. The van der Waals surface area contributed by atoms with Gasteiger partial charge in [0.1, 0.15) is 0 Å². The zero-order valence-electron chi connectivity index (χ0n) is 14.4. The maximum atomic E-state index is 12.7. The molecule has 0 radical (unpaired) electrons. The number of hydrogen-bond acceptors (Lipinski definition) is 2. The first-order chi connectivity index (χ1) is 11.9. The van der Waals surface area contributed by atoms with E-state index >= 15 is 0 Å². The maximum absolute atomic E-state index is 12.7. The van der Waals surface area contributed by atoms with Crippen molar-refractivity contribution in [2.75, 3.05) is 5.75 Å². The van der Waals surface area contributed by atoms with Gasteiger partial charge in [0.15, 0.2) is 0 Å². The molecule has 1 aromatic rings. The first-order valence-electron chi connectivity index (χ1n) is 8.58. The van der Waals surface area contributed by atoms with E-state index in [0.717, 1.165) is 26.6 Å². The lowest BCUT2D eigenvalue weighted by molar-refractivity contribution is 0.585. The van der Waals surface area contributed by atoms with Gasteiger partial charge in [0.05, 0.1) is 12.8 Å². The van der Waals surface area contributed by atoms with Gasteiger partial charge in [-0.25, -0.2) is 8.42 Å². The van der Waals surface area contributed by atoms with Crippen LogP contribution < -0.4 is 5.30 Å². The van der Waals surface area contributed by atoms with Crippen LogP contribution in [0.15, 0.2) is 55.1 Å². The van der Waals surface area contributed by atoms with Crippen molar-refractivity contribution < 1.29 is 8.42 Å². The molecule has 0 amide bonds. The third kappa shape index (κ3) is 5.41. The summed E-state index contributed by atoms with van der Waals surface area (Å²) < 4.78 is 31.6. The maximum Gasteiger partial charge on any atom is 0.252 e. The molecule has 3 nitrogen and oxygen atoms in total. The van der Waals surface area contributed by atoms with E-state index in [2.05, 4.69) is 42.9 Å². The largest absolute Gasteiger partial charge is 0.252 e. The van der Waals surface area contributed by atoms with Crippen LogP contribution in [0.4, 0.5) is 0 Å². The molecule has 0 N–H and O–H groups in total. The van der Waals surface area contributed by atoms with Gasteiger partial charge in [-0.05, 0) is 50.4 Å². The Bertz CT molecular complexity index is 780. The fourth-order valence-corrected chi connectivity index (χ4v) is 12.6. The molecule has 25 heavy (non-hydrogen) atoms. The summed E-state index contributed by atoms with van der Waals surface area (Å²) in [4.78, 5) is 0. The van der Waals surface area contributed by atoms with Gasteiger partial charge in [0, 0.05) is 13.8 Å². The van der Waals surface area contributed by atoms with Gasteiger partial charge in [-0.3, -0.25) is 0 Å². The highest BCUT2D eigenvalue weighted by Gasteiger charge is 2.34. The van der Waals surface area contributed by atoms with Crippen molar-refractivity contribution in [3.8, 4) is 0 Å². The highest BCUT2D eigenvalue weighted by atomic mass is 79.9. The van der Waals surface area contributed by atoms with Crippen LogP contribution in [0.25, 0.3) is 0 Å². The first kappa shape index (κ1) is 21.1. The predicted octanol–water partition coefficient (Wildman–Crippen LogP) is 6.69. The van der Waals surface area contributed by atoms with Crippen molar-refractivity contribution >= 4 is 54.2 Å². The van der Waals surface area contributed by atoms with Gasteiger partial charge >= 0.3 is 0 Å². The fourth-order valence-electron chi connectivity index (χ4n) is 2.76. The summed E-state index contributed by atoms with van der Waals surface area (Å²) in [6.45, 7) is 2.18. The predicted molar refractivity (Wildman–Crippen MR) is 117 cm³/mol. The number of nitrogens with zero attached hydrogens (tertiary/aromatic N) is 1. The number of halogens is 2. The molecule has 1 aromatic carbocycles. The van der Waals surface area contributed by atoms with Crippen LogP contribution in [-0.4, -0.2) is 14.2 Å². The van der Waals surface area contributed by atoms with Gasteiger partial charge in [-0.1, -0.05) is 69.4 Å². The van der Waals surface area contributed by atoms with Crippen LogP contribution in [0.2, 0.25) is 0 Å². The smallest absolute Gasteiger partial charge is 0.205 e. The molecule has 2 rings (SSSR count). The van der Waals surface area contributed by atoms with E-state index in [1.165, 1.54) is 19.3 Å². The minimum absolute atomic E-state index is 0.119. The molecule has 0 spiro atoms. The molecule has 0 aromatic heterocycles. The Labute approximate surface area is 168 Å². The lowest BCUT2D eigenvalue weighted by Crippen LogP contribution is -2.08. The summed E-state index contributed by atoms with van der Waals surface area (Å²) in [5, 5.41) is 0.935. The van der Waals surface area contributed by atoms with Gasteiger partial charge in [-0.2, -0.15) is 4.15 Å². The highest BCUT2D eigenvalue weighted by Crippen LogP contribution is 2.70. The van der Waals surface area contributed by atoms with Crippen molar-refractivity contribution in [1.29, 1.82) is 0 Å². The normalized spacial score (nSPS) is 16.4. The third-order valence-electron chi connectivity index (χ3n) is 4.11. The molecule has 0 atom stereocenters. The second kappa shape index (κ2) is 9.68. The summed E-state index contributed by atoms with van der Waals surface area (Å²) in [6, 6.07) is 9.67. The van der Waals surface area contributed by atoms with Crippen LogP contribution in [0, 0.1) is 0 Å². The van der Waals surface area contributed by atoms with Crippen LogP contribution in [0.1, 0.15) is 45.4 Å². The lowest BCUT2D eigenvalue weighted by Gasteiger charge is -2.21. The fraction of sp³-hybridized carbons (Fsp3) is 0.444. The van der Waals surface area contributed by atoms with Crippen molar-refractivity contribution in [2.24, 2.45) is 4.15 Å². The van der Waals surface area contributed by atoms with Crippen LogP contribution >= 0.6 is 38.9 Å². The summed E-state index contributed by atoms with van der Waals surface area (Å²) in [6.07, 6.45) is 10.1. The Kier molecular flexibility index (Phi) is 8.19. The average Bonchev–Trinajstić information content (AvgIpc) is 2.87. The second-order valence-electron chi connectivity index (χ2n) is 6.09. The molecule has 7 heteroatoms. The summed E-state index contributed by atoms with van der Waals surface area (Å²) in [7, 11) is -5.97. The topological polar surface area (TPSA) is 46.5 Å². The van der Waals surface area contributed by atoms with Crippen molar-refractivity contribution in [3.05, 3.63) is 50.9 Å².